The van der Waals surface area contributed by atoms with E-state index in [1.165, 1.54) is 5.56 Å². The van der Waals surface area contributed by atoms with Crippen LogP contribution < -0.4 is 0 Å². The summed E-state index contributed by atoms with van der Waals surface area (Å²) in [5, 5.41) is 13.5. The second-order valence-electron chi connectivity index (χ2n) is 7.81. The third-order valence-electron chi connectivity index (χ3n) is 5.95. The summed E-state index contributed by atoms with van der Waals surface area (Å²) in [6.07, 6.45) is 0.595. The first-order valence-electron chi connectivity index (χ1n) is 10.2. The average molecular weight is 409 g/mol. The van der Waals surface area contributed by atoms with Crippen molar-refractivity contribution in [1.29, 1.82) is 0 Å². The number of ether oxygens (including phenoxy) is 1. The van der Waals surface area contributed by atoms with Crippen LogP contribution in [-0.2, 0) is 29.0 Å². The van der Waals surface area contributed by atoms with Crippen molar-refractivity contribution in [1.82, 2.24) is 29.4 Å². The molecule has 0 spiro atoms. The fourth-order valence-corrected chi connectivity index (χ4v) is 3.99. The van der Waals surface area contributed by atoms with Gasteiger partial charge in [-0.05, 0) is 31.9 Å². The van der Waals surface area contributed by atoms with Gasteiger partial charge in [0.05, 0.1) is 18.8 Å². The molecule has 0 radical (unpaired) electrons. The van der Waals surface area contributed by atoms with Crippen molar-refractivity contribution >= 4 is 5.91 Å². The zero-order valence-corrected chi connectivity index (χ0v) is 18.0. The Labute approximate surface area is 176 Å². The fourth-order valence-electron chi connectivity index (χ4n) is 3.99. The van der Waals surface area contributed by atoms with Crippen molar-refractivity contribution in [2.24, 2.45) is 0 Å². The van der Waals surface area contributed by atoms with Gasteiger partial charge in [0.1, 0.15) is 12.6 Å². The zero-order valence-electron chi connectivity index (χ0n) is 18.0. The van der Waals surface area contributed by atoms with Crippen molar-refractivity contribution < 1.29 is 9.53 Å². The van der Waals surface area contributed by atoms with E-state index in [2.05, 4.69) is 41.3 Å². The van der Waals surface area contributed by atoms with Crippen molar-refractivity contribution in [2.45, 2.75) is 46.3 Å². The van der Waals surface area contributed by atoms with Crippen molar-refractivity contribution in [3.63, 3.8) is 0 Å². The highest BCUT2D eigenvalue weighted by atomic mass is 16.5. The minimum Gasteiger partial charge on any atom is -0.383 e. The number of benzene rings is 1. The van der Waals surface area contributed by atoms with E-state index in [0.29, 0.717) is 32.7 Å². The predicted octanol–water partition coefficient (Wildman–Crippen LogP) is 2.22. The third-order valence-corrected chi connectivity index (χ3v) is 5.95. The molecular formula is C22H28N6O2. The molecule has 8 heteroatoms. The molecule has 30 heavy (non-hydrogen) atoms. The zero-order chi connectivity index (χ0) is 21.3. The number of amides is 1. The van der Waals surface area contributed by atoms with Crippen LogP contribution in [0.2, 0.25) is 0 Å². The number of aryl methyl sites for hydroxylation is 1. The number of carbonyl (C=O) groups excluding carboxylic acids is 1. The van der Waals surface area contributed by atoms with Crippen LogP contribution in [0.5, 0.6) is 0 Å². The quantitative estimate of drug-likeness (QED) is 0.599. The number of aromatic nitrogens is 5. The lowest BCUT2D eigenvalue weighted by atomic mass is 10.0. The molecule has 3 aromatic rings. The summed E-state index contributed by atoms with van der Waals surface area (Å²) in [5.41, 5.74) is 4.40. The van der Waals surface area contributed by atoms with Gasteiger partial charge in [-0.25, -0.2) is 0 Å². The van der Waals surface area contributed by atoms with Gasteiger partial charge < -0.3 is 9.64 Å². The standard InChI is InChI=1S/C22H28N6O2/c1-15-16(2)25-27(17(15)3)14-21-24-23-20-13-26(10-11-30-4)22(29)19(28(20)21)12-18-8-6-5-7-9-18/h5-9,19H,10-14H2,1-4H3/t19-/m1/s1. The molecule has 1 aliphatic rings. The molecule has 0 unspecified atom stereocenters. The Bertz CT molecular complexity index is 1040. The van der Waals surface area contributed by atoms with Crippen LogP contribution in [0.1, 0.15) is 40.2 Å². The van der Waals surface area contributed by atoms with Crippen molar-refractivity contribution in [2.75, 3.05) is 20.3 Å². The maximum Gasteiger partial charge on any atom is 0.246 e. The van der Waals surface area contributed by atoms with Crippen LogP contribution in [0.15, 0.2) is 30.3 Å². The molecule has 0 saturated heterocycles. The van der Waals surface area contributed by atoms with Gasteiger partial charge in [0.2, 0.25) is 5.91 Å². The minimum atomic E-state index is -0.379. The Morgan fingerprint density at radius 3 is 2.57 bits per heavy atom. The fraction of sp³-hybridized carbons (Fsp3) is 0.455. The smallest absolute Gasteiger partial charge is 0.246 e. The Morgan fingerprint density at radius 1 is 1.13 bits per heavy atom. The average Bonchev–Trinajstić information content (AvgIpc) is 3.25. The first-order chi connectivity index (χ1) is 14.5. The van der Waals surface area contributed by atoms with Crippen LogP contribution in [0, 0.1) is 20.8 Å². The van der Waals surface area contributed by atoms with E-state index in [1.54, 1.807) is 7.11 Å². The molecule has 8 nitrogen and oxygen atoms in total. The molecule has 0 aliphatic carbocycles. The number of hydrogen-bond acceptors (Lipinski definition) is 5. The van der Waals surface area contributed by atoms with Crippen LogP contribution in [-0.4, -0.2) is 55.6 Å². The molecule has 0 saturated carbocycles. The first kappa shape index (κ1) is 20.3. The summed E-state index contributed by atoms with van der Waals surface area (Å²) in [4.78, 5) is 15.2. The first-order valence-corrected chi connectivity index (χ1v) is 10.2. The second-order valence-corrected chi connectivity index (χ2v) is 7.81. The maximum atomic E-state index is 13.4. The maximum absolute atomic E-state index is 13.4. The van der Waals surface area contributed by atoms with E-state index in [9.17, 15) is 4.79 Å². The molecule has 2 aromatic heterocycles. The highest BCUT2D eigenvalue weighted by Crippen LogP contribution is 2.27. The van der Waals surface area contributed by atoms with Gasteiger partial charge >= 0.3 is 0 Å². The Hall–Kier alpha value is -3.00. The van der Waals surface area contributed by atoms with Crippen LogP contribution >= 0.6 is 0 Å². The van der Waals surface area contributed by atoms with Gasteiger partial charge in [0.15, 0.2) is 11.6 Å². The largest absolute Gasteiger partial charge is 0.383 e. The van der Waals surface area contributed by atoms with Crippen molar-refractivity contribution in [3.05, 3.63) is 64.5 Å². The molecule has 0 bridgehead atoms. The van der Waals surface area contributed by atoms with E-state index in [4.69, 9.17) is 4.74 Å². The van der Waals surface area contributed by atoms with Crippen molar-refractivity contribution in [3.8, 4) is 0 Å². The molecule has 1 amide bonds. The minimum absolute atomic E-state index is 0.0778. The number of nitrogens with zero attached hydrogens (tertiary/aromatic N) is 6. The molecule has 1 atom stereocenters. The SMILES string of the molecule is COCCN1Cc2nnc(Cn3nc(C)c(C)c3C)n2[C@H](Cc2ccccc2)C1=O. The molecule has 3 heterocycles. The van der Waals surface area contributed by atoms with E-state index < -0.39 is 0 Å². The lowest BCUT2D eigenvalue weighted by Crippen LogP contribution is -2.45. The molecule has 1 aromatic carbocycles. The number of carbonyl (C=O) groups is 1. The number of hydrogen-bond donors (Lipinski definition) is 0. The Kier molecular flexibility index (Phi) is 5.67. The van der Waals surface area contributed by atoms with E-state index in [1.807, 2.05) is 39.3 Å². The summed E-state index contributed by atoms with van der Waals surface area (Å²) in [6.45, 7) is 8.11. The van der Waals surface area contributed by atoms with Gasteiger partial charge in [-0.3, -0.25) is 14.0 Å². The highest BCUT2D eigenvalue weighted by Gasteiger charge is 2.36. The van der Waals surface area contributed by atoms with Gasteiger partial charge in [0, 0.05) is 25.8 Å². The molecule has 1 aliphatic heterocycles. The van der Waals surface area contributed by atoms with Gasteiger partial charge in [-0.1, -0.05) is 30.3 Å². The monoisotopic (exact) mass is 408 g/mol. The lowest BCUT2D eigenvalue weighted by Gasteiger charge is -2.34. The van der Waals surface area contributed by atoms with Crippen LogP contribution in [0.3, 0.4) is 0 Å². The highest BCUT2D eigenvalue weighted by molar-refractivity contribution is 5.82. The predicted molar refractivity (Wildman–Crippen MR) is 112 cm³/mol. The van der Waals surface area contributed by atoms with E-state index in [-0.39, 0.29) is 11.9 Å². The summed E-state index contributed by atoms with van der Waals surface area (Å²) < 4.78 is 9.16. The lowest BCUT2D eigenvalue weighted by molar-refractivity contribution is -0.138. The Morgan fingerprint density at radius 2 is 1.90 bits per heavy atom. The molecular weight excluding hydrogens is 380 g/mol. The normalized spacial score (nSPS) is 16.2. The number of fused-ring (bicyclic) bond motifs is 1. The van der Waals surface area contributed by atoms with Gasteiger partial charge in [0.25, 0.3) is 0 Å². The summed E-state index contributed by atoms with van der Waals surface area (Å²) >= 11 is 0. The van der Waals surface area contributed by atoms with Gasteiger partial charge in [-0.15, -0.1) is 10.2 Å². The molecule has 4 rings (SSSR count). The second kappa shape index (κ2) is 8.39. The summed E-state index contributed by atoms with van der Waals surface area (Å²) in [7, 11) is 1.65. The summed E-state index contributed by atoms with van der Waals surface area (Å²) in [6, 6.07) is 9.70. The van der Waals surface area contributed by atoms with E-state index in [0.717, 1.165) is 28.6 Å². The van der Waals surface area contributed by atoms with Crippen LogP contribution in [0.25, 0.3) is 0 Å². The summed E-state index contributed by atoms with van der Waals surface area (Å²) in [5.74, 6) is 1.64. The Balaban J connectivity index is 1.70. The molecule has 0 fully saturated rings. The number of methoxy groups -OCH3 is 1. The molecule has 158 valence electrons. The third kappa shape index (κ3) is 3.75. The molecule has 0 N–H and O–H groups in total. The number of rotatable bonds is 7. The van der Waals surface area contributed by atoms with Crippen LogP contribution in [0.4, 0.5) is 0 Å². The van der Waals surface area contributed by atoms with Gasteiger partial charge in [-0.2, -0.15) is 5.10 Å². The van der Waals surface area contributed by atoms with E-state index >= 15 is 0 Å². The topological polar surface area (TPSA) is 78.1 Å².